The summed E-state index contributed by atoms with van der Waals surface area (Å²) in [7, 11) is 0. The molecule has 0 radical (unpaired) electrons. The average molecular weight is 325 g/mol. The van der Waals surface area contributed by atoms with Crippen LogP contribution in [0.5, 0.6) is 0 Å². The van der Waals surface area contributed by atoms with Crippen molar-refractivity contribution in [2.45, 2.75) is 20.0 Å². The quantitative estimate of drug-likeness (QED) is 0.725. The van der Waals surface area contributed by atoms with Crippen molar-refractivity contribution >= 4 is 17.2 Å². The SMILES string of the molecule is Cc1nc(C(=O)N2CCn3c(-c4ccncc4)cnc3C2)cs1. The van der Waals surface area contributed by atoms with Crippen molar-refractivity contribution in [1.82, 2.24) is 24.4 Å². The summed E-state index contributed by atoms with van der Waals surface area (Å²) >= 11 is 1.50. The van der Waals surface area contributed by atoms with E-state index in [1.54, 1.807) is 12.4 Å². The van der Waals surface area contributed by atoms with Crippen molar-refractivity contribution in [2.75, 3.05) is 6.54 Å². The molecule has 7 heteroatoms. The van der Waals surface area contributed by atoms with Crippen molar-refractivity contribution in [3.63, 3.8) is 0 Å². The highest BCUT2D eigenvalue weighted by atomic mass is 32.1. The molecule has 1 amide bonds. The molecule has 4 rings (SSSR count). The van der Waals surface area contributed by atoms with Gasteiger partial charge >= 0.3 is 0 Å². The Morgan fingerprint density at radius 3 is 2.83 bits per heavy atom. The van der Waals surface area contributed by atoms with Crippen molar-refractivity contribution in [1.29, 1.82) is 0 Å². The number of carbonyl (C=O) groups excluding carboxylic acids is 1. The molecule has 1 aliphatic rings. The molecule has 1 aliphatic heterocycles. The second-order valence-corrected chi connectivity index (χ2v) is 6.49. The first kappa shape index (κ1) is 14.1. The number of aromatic nitrogens is 4. The van der Waals surface area contributed by atoms with Gasteiger partial charge in [0.05, 0.1) is 23.4 Å². The molecule has 0 unspecified atom stereocenters. The van der Waals surface area contributed by atoms with E-state index in [-0.39, 0.29) is 5.91 Å². The highest BCUT2D eigenvalue weighted by Gasteiger charge is 2.25. The van der Waals surface area contributed by atoms with E-state index in [0.717, 1.165) is 28.6 Å². The minimum atomic E-state index is -0.0194. The normalized spacial score (nSPS) is 13.9. The minimum absolute atomic E-state index is 0.0194. The predicted molar refractivity (Wildman–Crippen MR) is 87.0 cm³/mol. The molecule has 0 aliphatic carbocycles. The van der Waals surface area contributed by atoms with Crippen LogP contribution in [0.25, 0.3) is 11.3 Å². The first-order valence-corrected chi connectivity index (χ1v) is 8.26. The standard InChI is InChI=1S/C16H15N5OS/c1-11-19-13(10-23-11)16(22)20-6-7-21-14(8-18-15(21)9-20)12-2-4-17-5-3-12/h2-5,8,10H,6-7,9H2,1H3. The molecular weight excluding hydrogens is 310 g/mol. The van der Waals surface area contributed by atoms with Gasteiger partial charge in [0.15, 0.2) is 0 Å². The summed E-state index contributed by atoms with van der Waals surface area (Å²) in [5.41, 5.74) is 2.69. The van der Waals surface area contributed by atoms with Gasteiger partial charge in [-0.15, -0.1) is 11.3 Å². The van der Waals surface area contributed by atoms with E-state index >= 15 is 0 Å². The van der Waals surface area contributed by atoms with Crippen molar-refractivity contribution in [2.24, 2.45) is 0 Å². The van der Waals surface area contributed by atoms with Gasteiger partial charge in [0, 0.05) is 36.4 Å². The van der Waals surface area contributed by atoms with Gasteiger partial charge in [-0.1, -0.05) is 0 Å². The lowest BCUT2D eigenvalue weighted by Crippen LogP contribution is -2.38. The smallest absolute Gasteiger partial charge is 0.273 e. The largest absolute Gasteiger partial charge is 0.328 e. The number of pyridine rings is 1. The fourth-order valence-electron chi connectivity index (χ4n) is 2.81. The molecule has 0 bridgehead atoms. The lowest BCUT2D eigenvalue weighted by molar-refractivity contribution is 0.0702. The molecule has 6 nitrogen and oxygen atoms in total. The number of hydrogen-bond acceptors (Lipinski definition) is 5. The van der Waals surface area contributed by atoms with Gasteiger partial charge in [-0.05, 0) is 19.1 Å². The maximum absolute atomic E-state index is 12.5. The minimum Gasteiger partial charge on any atom is -0.328 e. The predicted octanol–water partition coefficient (Wildman–Crippen LogP) is 2.37. The van der Waals surface area contributed by atoms with Gasteiger partial charge in [0.25, 0.3) is 5.91 Å². The highest BCUT2D eigenvalue weighted by molar-refractivity contribution is 7.09. The van der Waals surface area contributed by atoms with Crippen molar-refractivity contribution < 1.29 is 4.79 Å². The van der Waals surface area contributed by atoms with Crippen molar-refractivity contribution in [3.05, 3.63) is 52.6 Å². The van der Waals surface area contributed by atoms with E-state index in [4.69, 9.17) is 0 Å². The van der Waals surface area contributed by atoms with Gasteiger partial charge in [-0.3, -0.25) is 9.78 Å². The summed E-state index contributed by atoms with van der Waals surface area (Å²) in [6.07, 6.45) is 5.42. The Morgan fingerprint density at radius 2 is 2.09 bits per heavy atom. The van der Waals surface area contributed by atoms with Crippen LogP contribution in [0, 0.1) is 6.92 Å². The topological polar surface area (TPSA) is 63.9 Å². The van der Waals surface area contributed by atoms with E-state index in [0.29, 0.717) is 18.8 Å². The molecule has 0 saturated heterocycles. The molecule has 116 valence electrons. The zero-order valence-corrected chi connectivity index (χ0v) is 13.5. The van der Waals surface area contributed by atoms with Gasteiger partial charge in [0.1, 0.15) is 11.5 Å². The summed E-state index contributed by atoms with van der Waals surface area (Å²) in [5, 5.41) is 2.73. The Kier molecular flexibility index (Phi) is 3.42. The summed E-state index contributed by atoms with van der Waals surface area (Å²) in [5.74, 6) is 0.887. The number of carbonyl (C=O) groups is 1. The van der Waals surface area contributed by atoms with Crippen LogP contribution in [0.2, 0.25) is 0 Å². The molecule has 0 aromatic carbocycles. The van der Waals surface area contributed by atoms with Crippen LogP contribution in [-0.4, -0.2) is 36.9 Å². The molecule has 0 fully saturated rings. The van der Waals surface area contributed by atoms with Gasteiger partial charge < -0.3 is 9.47 Å². The van der Waals surface area contributed by atoms with Crippen LogP contribution >= 0.6 is 11.3 Å². The second kappa shape index (κ2) is 5.58. The third kappa shape index (κ3) is 2.53. The number of nitrogens with zero attached hydrogens (tertiary/aromatic N) is 5. The van der Waals surface area contributed by atoms with Gasteiger partial charge in [-0.2, -0.15) is 0 Å². The number of rotatable bonds is 2. The number of hydrogen-bond donors (Lipinski definition) is 0. The zero-order valence-electron chi connectivity index (χ0n) is 12.6. The van der Waals surface area contributed by atoms with E-state index in [2.05, 4.69) is 19.5 Å². The lowest BCUT2D eigenvalue weighted by Gasteiger charge is -2.28. The van der Waals surface area contributed by atoms with E-state index in [1.165, 1.54) is 11.3 Å². The highest BCUT2D eigenvalue weighted by Crippen LogP contribution is 2.24. The summed E-state index contributed by atoms with van der Waals surface area (Å²) in [6, 6.07) is 3.94. The fourth-order valence-corrected chi connectivity index (χ4v) is 3.40. The second-order valence-electron chi connectivity index (χ2n) is 5.43. The van der Waals surface area contributed by atoms with Crippen LogP contribution in [0.4, 0.5) is 0 Å². The zero-order chi connectivity index (χ0) is 15.8. The first-order valence-electron chi connectivity index (χ1n) is 7.38. The van der Waals surface area contributed by atoms with Gasteiger partial charge in [0.2, 0.25) is 0 Å². The Labute approximate surface area is 137 Å². The van der Waals surface area contributed by atoms with Crippen LogP contribution in [0.15, 0.2) is 36.1 Å². The Hall–Kier alpha value is -2.54. The fraction of sp³-hybridized carbons (Fsp3) is 0.250. The summed E-state index contributed by atoms with van der Waals surface area (Å²) in [4.78, 5) is 27.2. The first-order chi connectivity index (χ1) is 11.2. The maximum atomic E-state index is 12.5. The maximum Gasteiger partial charge on any atom is 0.273 e. The number of aryl methyl sites for hydroxylation is 1. The van der Waals surface area contributed by atoms with Crippen LogP contribution < -0.4 is 0 Å². The average Bonchev–Trinajstić information content (AvgIpc) is 3.20. The summed E-state index contributed by atoms with van der Waals surface area (Å²) in [6.45, 7) is 3.82. The summed E-state index contributed by atoms with van der Waals surface area (Å²) < 4.78 is 2.17. The molecule has 0 N–H and O–H groups in total. The monoisotopic (exact) mass is 325 g/mol. The Morgan fingerprint density at radius 1 is 1.26 bits per heavy atom. The third-order valence-corrected chi connectivity index (χ3v) is 4.74. The van der Waals surface area contributed by atoms with E-state index < -0.39 is 0 Å². The molecule has 3 aromatic rings. The molecule has 0 spiro atoms. The Balaban J connectivity index is 1.59. The van der Waals surface area contributed by atoms with Crippen LogP contribution in [0.1, 0.15) is 21.3 Å². The van der Waals surface area contributed by atoms with Crippen molar-refractivity contribution in [3.8, 4) is 11.3 Å². The van der Waals surface area contributed by atoms with Crippen LogP contribution in [-0.2, 0) is 13.1 Å². The molecule has 3 aromatic heterocycles. The number of imidazole rings is 1. The van der Waals surface area contributed by atoms with E-state index in [1.807, 2.05) is 35.5 Å². The van der Waals surface area contributed by atoms with Gasteiger partial charge in [-0.25, -0.2) is 9.97 Å². The molecule has 0 atom stereocenters. The number of fused-ring (bicyclic) bond motifs is 1. The molecule has 23 heavy (non-hydrogen) atoms. The van der Waals surface area contributed by atoms with E-state index in [9.17, 15) is 4.79 Å². The number of amides is 1. The number of thiazole rings is 1. The van der Waals surface area contributed by atoms with Crippen LogP contribution in [0.3, 0.4) is 0 Å². The molecular formula is C16H15N5OS. The Bertz CT molecular complexity index is 854. The lowest BCUT2D eigenvalue weighted by atomic mass is 10.2. The molecule has 0 saturated carbocycles. The third-order valence-electron chi connectivity index (χ3n) is 3.97. The molecule has 4 heterocycles.